The number of ether oxygens (including phenoxy) is 2. The number of allylic oxidation sites excluding steroid dienone is 1. The van der Waals surface area contributed by atoms with Crippen LogP contribution in [0.1, 0.15) is 33.1 Å². The average Bonchev–Trinajstić information content (AvgIpc) is 2.47. The molecule has 0 spiro atoms. The first-order valence-corrected chi connectivity index (χ1v) is 7.95. The van der Waals surface area contributed by atoms with Crippen molar-refractivity contribution >= 4 is 12.6 Å². The van der Waals surface area contributed by atoms with E-state index in [2.05, 4.69) is 38.5 Å². The van der Waals surface area contributed by atoms with E-state index < -0.39 is 0 Å². The van der Waals surface area contributed by atoms with Crippen molar-refractivity contribution < 1.29 is 9.47 Å². The highest BCUT2D eigenvalue weighted by Gasteiger charge is 2.16. The largest absolute Gasteiger partial charge is 0.470 e. The second-order valence-corrected chi connectivity index (χ2v) is 5.15. The van der Waals surface area contributed by atoms with Gasteiger partial charge in [-0.05, 0) is 30.6 Å². The quantitative estimate of drug-likeness (QED) is 0.161. The number of hydrazine groups is 1. The predicted molar refractivity (Wildman–Crippen MR) is 88.4 cm³/mol. The molecule has 0 radical (unpaired) electrons. The fraction of sp³-hybridized carbons (Fsp3) is 0.733. The van der Waals surface area contributed by atoms with Gasteiger partial charge in [-0.1, -0.05) is 26.8 Å². The van der Waals surface area contributed by atoms with Crippen molar-refractivity contribution in [3.05, 3.63) is 24.7 Å². The van der Waals surface area contributed by atoms with Crippen molar-refractivity contribution in [1.29, 1.82) is 0 Å². The summed E-state index contributed by atoms with van der Waals surface area (Å²) in [6, 6.07) is 0. The molecule has 0 amide bonds. The Morgan fingerprint density at radius 2 is 2.15 bits per heavy atom. The summed E-state index contributed by atoms with van der Waals surface area (Å²) in [6.07, 6.45) is 6.76. The minimum Gasteiger partial charge on any atom is -0.470 e. The Balaban J connectivity index is 3.94. The Morgan fingerprint density at radius 1 is 1.40 bits per heavy atom. The van der Waals surface area contributed by atoms with Gasteiger partial charge in [-0.15, -0.1) is 0 Å². The summed E-state index contributed by atoms with van der Waals surface area (Å²) in [7, 11) is 0. The molecule has 0 aliphatic heterocycles. The Bertz CT molecular complexity index is 269. The summed E-state index contributed by atoms with van der Waals surface area (Å²) in [6.45, 7) is 10.1. The lowest BCUT2D eigenvalue weighted by Crippen LogP contribution is -2.26. The zero-order chi connectivity index (χ0) is 15.2. The number of hydrogen-bond acceptors (Lipinski definition) is 5. The van der Waals surface area contributed by atoms with Crippen molar-refractivity contribution in [2.24, 2.45) is 17.7 Å². The summed E-state index contributed by atoms with van der Waals surface area (Å²) in [5.41, 5.74) is 2.53. The molecule has 0 rings (SSSR count). The number of rotatable bonds is 13. The maximum Gasteiger partial charge on any atom is 0.0991 e. The predicted octanol–water partition coefficient (Wildman–Crippen LogP) is 2.88. The minimum absolute atomic E-state index is 0.388. The zero-order valence-corrected chi connectivity index (χ0v) is 13.7. The number of hydrogen-bond donors (Lipinski definition) is 3. The van der Waals surface area contributed by atoms with E-state index >= 15 is 0 Å². The van der Waals surface area contributed by atoms with Crippen molar-refractivity contribution in [3.63, 3.8) is 0 Å². The van der Waals surface area contributed by atoms with Gasteiger partial charge in [0.1, 0.15) is 0 Å². The Morgan fingerprint density at radius 3 is 2.70 bits per heavy atom. The highest BCUT2D eigenvalue weighted by atomic mass is 32.1. The molecule has 2 atom stereocenters. The van der Waals surface area contributed by atoms with E-state index in [0.29, 0.717) is 31.6 Å². The first-order chi connectivity index (χ1) is 9.69. The molecule has 4 nitrogen and oxygen atoms in total. The third-order valence-electron chi connectivity index (χ3n) is 3.32. The van der Waals surface area contributed by atoms with Gasteiger partial charge in [0.15, 0.2) is 0 Å². The normalized spacial score (nSPS) is 14.4. The molecular formula is C15H30N2O2S. The average molecular weight is 302 g/mol. The summed E-state index contributed by atoms with van der Waals surface area (Å²) < 4.78 is 10.9. The molecule has 0 saturated heterocycles. The van der Waals surface area contributed by atoms with Gasteiger partial charge in [0, 0.05) is 12.5 Å². The topological polar surface area (TPSA) is 56.5 Å². The van der Waals surface area contributed by atoms with Gasteiger partial charge in [0.05, 0.1) is 25.2 Å². The van der Waals surface area contributed by atoms with Gasteiger partial charge in [0.25, 0.3) is 0 Å². The van der Waals surface area contributed by atoms with E-state index in [1.165, 1.54) is 0 Å². The molecule has 118 valence electrons. The second kappa shape index (κ2) is 13.5. The fourth-order valence-electron chi connectivity index (χ4n) is 1.85. The highest BCUT2D eigenvalue weighted by Crippen LogP contribution is 2.25. The Labute approximate surface area is 129 Å². The zero-order valence-electron chi connectivity index (χ0n) is 12.8. The molecule has 0 aromatic rings. The first kappa shape index (κ1) is 19.5. The number of nitrogens with two attached hydrogens (primary N) is 1. The van der Waals surface area contributed by atoms with Gasteiger partial charge in [-0.25, -0.2) is 0 Å². The van der Waals surface area contributed by atoms with Gasteiger partial charge in [0.2, 0.25) is 0 Å². The van der Waals surface area contributed by atoms with Crippen LogP contribution in [-0.2, 0) is 9.47 Å². The lowest BCUT2D eigenvalue weighted by molar-refractivity contribution is 0.161. The molecule has 0 heterocycles. The molecule has 0 aromatic heterocycles. The lowest BCUT2D eigenvalue weighted by atomic mass is 9.91. The summed E-state index contributed by atoms with van der Waals surface area (Å²) >= 11 is 4.39. The van der Waals surface area contributed by atoms with E-state index in [0.717, 1.165) is 30.8 Å². The van der Waals surface area contributed by atoms with Crippen LogP contribution in [0, 0.1) is 11.8 Å². The summed E-state index contributed by atoms with van der Waals surface area (Å²) in [5, 5.41) is 0. The molecule has 0 saturated carbocycles. The summed E-state index contributed by atoms with van der Waals surface area (Å²) in [5.74, 6) is 7.89. The molecule has 3 N–H and O–H groups in total. The molecule has 0 aromatic carbocycles. The van der Waals surface area contributed by atoms with Crippen LogP contribution in [0.25, 0.3) is 0 Å². The summed E-state index contributed by atoms with van der Waals surface area (Å²) in [4.78, 5) is 0. The van der Waals surface area contributed by atoms with Crippen molar-refractivity contribution in [3.8, 4) is 0 Å². The van der Waals surface area contributed by atoms with Crippen LogP contribution >= 0.6 is 12.6 Å². The van der Waals surface area contributed by atoms with E-state index in [9.17, 15) is 0 Å². The van der Waals surface area contributed by atoms with Crippen LogP contribution in [0.15, 0.2) is 24.7 Å². The monoisotopic (exact) mass is 302 g/mol. The number of nitrogens with one attached hydrogen (secondary N) is 1. The van der Waals surface area contributed by atoms with Crippen LogP contribution in [0.2, 0.25) is 0 Å². The van der Waals surface area contributed by atoms with E-state index in [1.54, 1.807) is 6.26 Å². The lowest BCUT2D eigenvalue weighted by Gasteiger charge is -2.21. The first-order valence-electron chi connectivity index (χ1n) is 7.31. The third kappa shape index (κ3) is 9.42. The van der Waals surface area contributed by atoms with Crippen LogP contribution in [-0.4, -0.2) is 25.5 Å². The molecule has 0 fully saturated rings. The van der Waals surface area contributed by atoms with Crippen molar-refractivity contribution in [2.45, 2.75) is 33.1 Å². The molecule has 0 aliphatic carbocycles. The van der Waals surface area contributed by atoms with E-state index in [-0.39, 0.29) is 0 Å². The van der Waals surface area contributed by atoms with Crippen molar-refractivity contribution in [1.82, 2.24) is 5.43 Å². The molecular weight excluding hydrogens is 272 g/mol. The molecule has 0 bridgehead atoms. The van der Waals surface area contributed by atoms with E-state index in [4.69, 9.17) is 15.3 Å². The Hall–Kier alpha value is -0.490. The SMILES string of the molecule is C=C(OC=CCOCCNN)[C@@H](CC)CC(CC)CS. The standard InChI is InChI=1S/C15H30N2O2S/c1-4-14(12-20)11-15(5-2)13(3)19-9-6-8-18-10-7-17-16/h6,9,14-15,17,20H,3-5,7-8,10-12,16H2,1-2H3/t14?,15-/m0/s1. The van der Waals surface area contributed by atoms with Gasteiger partial charge < -0.3 is 9.47 Å². The van der Waals surface area contributed by atoms with Gasteiger partial charge in [-0.3, -0.25) is 11.3 Å². The molecule has 20 heavy (non-hydrogen) atoms. The van der Waals surface area contributed by atoms with Crippen LogP contribution < -0.4 is 11.3 Å². The van der Waals surface area contributed by atoms with Crippen LogP contribution in [0.4, 0.5) is 0 Å². The fourth-order valence-corrected chi connectivity index (χ4v) is 2.26. The second-order valence-electron chi connectivity index (χ2n) is 4.78. The minimum atomic E-state index is 0.388. The molecule has 5 heteroatoms. The van der Waals surface area contributed by atoms with Gasteiger partial charge in [-0.2, -0.15) is 12.6 Å². The van der Waals surface area contributed by atoms with Crippen molar-refractivity contribution in [2.75, 3.05) is 25.5 Å². The number of thiol groups is 1. The van der Waals surface area contributed by atoms with Gasteiger partial charge >= 0.3 is 0 Å². The molecule has 0 aliphatic rings. The third-order valence-corrected chi connectivity index (χ3v) is 3.84. The van der Waals surface area contributed by atoms with Crippen LogP contribution in [0.5, 0.6) is 0 Å². The maximum atomic E-state index is 5.57. The Kier molecular flexibility index (Phi) is 13.2. The molecule has 1 unspecified atom stereocenters. The maximum absolute atomic E-state index is 5.57. The van der Waals surface area contributed by atoms with Crippen LogP contribution in [0.3, 0.4) is 0 Å². The van der Waals surface area contributed by atoms with E-state index in [1.807, 2.05) is 6.08 Å². The smallest absolute Gasteiger partial charge is 0.0991 e. The highest BCUT2D eigenvalue weighted by molar-refractivity contribution is 7.80.